The molecule has 7 rings (SSSR count). The second-order valence-electron chi connectivity index (χ2n) is 19.5. The fourth-order valence-electron chi connectivity index (χ4n) is 8.11. The fourth-order valence-corrected chi connectivity index (χ4v) is 13.7. The van der Waals surface area contributed by atoms with E-state index in [1.807, 2.05) is 56.2 Å². The third-order valence-corrected chi connectivity index (χ3v) is 22.6. The zero-order valence-electron chi connectivity index (χ0n) is 40.6. The maximum absolute atomic E-state index is 13.3. The van der Waals surface area contributed by atoms with Crippen LogP contribution in [0.4, 0.5) is 0 Å². The number of rotatable bonds is 24. The van der Waals surface area contributed by atoms with Gasteiger partial charge in [0.05, 0.1) is 17.7 Å². The molecular formula is C51H69N5O6S4Si. The lowest BCUT2D eigenvalue weighted by Crippen LogP contribution is -2.44. The number of H-pyrrole nitrogens is 1. The molecule has 1 fully saturated rings. The number of esters is 1. The average Bonchev–Trinajstić information content (AvgIpc) is 4.14. The number of nitrogens with one attached hydrogen (secondary N) is 1. The van der Waals surface area contributed by atoms with Crippen LogP contribution in [0.25, 0.3) is 39.8 Å². The van der Waals surface area contributed by atoms with Crippen molar-refractivity contribution >= 4 is 59.6 Å². The molecule has 0 aliphatic carbocycles. The van der Waals surface area contributed by atoms with E-state index in [1.54, 1.807) is 6.92 Å². The van der Waals surface area contributed by atoms with Crippen LogP contribution in [0.5, 0.6) is 0 Å². The summed E-state index contributed by atoms with van der Waals surface area (Å²) in [6.45, 7) is 17.9. The second kappa shape index (κ2) is 23.2. The number of thiophene rings is 4. The zero-order chi connectivity index (χ0) is 47.7. The number of nitrogens with zero attached hydrogens (tertiary/aromatic N) is 4. The Morgan fingerprint density at radius 2 is 1.51 bits per heavy atom. The Bertz CT molecular complexity index is 2660. The Morgan fingerprint density at radius 1 is 0.836 bits per heavy atom. The van der Waals surface area contributed by atoms with E-state index in [4.69, 9.17) is 13.9 Å². The van der Waals surface area contributed by atoms with E-state index in [9.17, 15) is 14.4 Å². The van der Waals surface area contributed by atoms with Gasteiger partial charge >= 0.3 is 11.7 Å². The Labute approximate surface area is 413 Å². The van der Waals surface area contributed by atoms with Gasteiger partial charge in [0.1, 0.15) is 24.1 Å². The summed E-state index contributed by atoms with van der Waals surface area (Å²) < 4.78 is 22.1. The van der Waals surface area contributed by atoms with E-state index in [0.717, 1.165) is 36.3 Å². The number of aryl methyl sites for hydroxylation is 4. The minimum Gasteiger partial charge on any atom is -0.459 e. The first-order valence-electron chi connectivity index (χ1n) is 24.3. The van der Waals surface area contributed by atoms with Crippen molar-refractivity contribution in [1.82, 2.24) is 24.5 Å². The number of carbonyl (C=O) groups excluding carboxylic acids is 1. The number of carbonyl (C=O) groups is 1. The molecule has 1 aliphatic heterocycles. The lowest BCUT2D eigenvalue weighted by Gasteiger charge is -2.37. The number of hydrogen-bond donors (Lipinski definition) is 1. The number of aromatic nitrogens is 5. The van der Waals surface area contributed by atoms with Crippen LogP contribution in [0.1, 0.15) is 135 Å². The normalized spacial score (nSPS) is 16.6. The van der Waals surface area contributed by atoms with E-state index in [1.165, 1.54) is 96.1 Å². The maximum atomic E-state index is 13.3. The first-order valence-corrected chi connectivity index (χ1v) is 30.5. The quantitative estimate of drug-likeness (QED) is 0.0360. The second-order valence-corrected chi connectivity index (χ2v) is 28.4. The molecule has 1 aliphatic rings. The van der Waals surface area contributed by atoms with Gasteiger partial charge in [-0.3, -0.25) is 23.8 Å². The number of unbranched alkanes of at least 4 members (excludes halogenated alkanes) is 7. The highest BCUT2D eigenvalue weighted by Gasteiger charge is 2.43. The Balaban J connectivity index is 0.967. The molecule has 3 atom stereocenters. The predicted octanol–water partition coefficient (Wildman–Crippen LogP) is 13.7. The molecule has 0 spiro atoms. The number of aromatic amines is 1. The van der Waals surface area contributed by atoms with Gasteiger partial charge in [-0.25, -0.2) is 4.79 Å². The summed E-state index contributed by atoms with van der Waals surface area (Å²) in [5.41, 5.74) is 3.13. The molecule has 0 saturated carbocycles. The summed E-state index contributed by atoms with van der Waals surface area (Å²) in [5, 5.41) is 11.3. The highest BCUT2D eigenvalue weighted by atomic mass is 32.1. The largest absolute Gasteiger partial charge is 0.459 e. The highest BCUT2D eigenvalue weighted by Crippen LogP contribution is 2.46. The van der Waals surface area contributed by atoms with Crippen molar-refractivity contribution in [3.8, 4) is 39.8 Å². The molecule has 7 heterocycles. The number of hydrogen-bond acceptors (Lipinski definition) is 12. The maximum Gasteiger partial charge on any atom is 0.330 e. The summed E-state index contributed by atoms with van der Waals surface area (Å²) in [4.78, 5) is 49.7. The van der Waals surface area contributed by atoms with E-state index in [0.29, 0.717) is 18.5 Å². The average molecular weight is 1000 g/mol. The van der Waals surface area contributed by atoms with Gasteiger partial charge in [-0.2, -0.15) is 0 Å². The smallest absolute Gasteiger partial charge is 0.330 e. The van der Waals surface area contributed by atoms with Gasteiger partial charge in [0, 0.05) is 60.4 Å². The van der Waals surface area contributed by atoms with Gasteiger partial charge in [0.25, 0.3) is 5.56 Å². The van der Waals surface area contributed by atoms with Crippen LogP contribution in [0.3, 0.4) is 0 Å². The van der Waals surface area contributed by atoms with Crippen LogP contribution in [-0.4, -0.2) is 57.6 Å². The molecule has 1 N–H and O–H groups in total. The van der Waals surface area contributed by atoms with E-state index >= 15 is 0 Å². The summed E-state index contributed by atoms with van der Waals surface area (Å²) in [6, 6.07) is 13.8. The van der Waals surface area contributed by atoms with Gasteiger partial charge in [-0.1, -0.05) is 78.4 Å². The summed E-state index contributed by atoms with van der Waals surface area (Å²) in [6.07, 6.45) is 15.6. The van der Waals surface area contributed by atoms with Crippen molar-refractivity contribution in [2.45, 2.75) is 175 Å². The third-order valence-electron chi connectivity index (χ3n) is 13.2. The molecule has 0 bridgehead atoms. The van der Waals surface area contributed by atoms with Gasteiger partial charge in [0.2, 0.25) is 0 Å². The molecule has 0 amide bonds. The van der Waals surface area contributed by atoms with Gasteiger partial charge < -0.3 is 13.9 Å². The standard InChI is InChI=1S/C51H69N5O6S4Si/c1-9-11-13-15-19-35-26-28-63-47(35)42-24-22-40(64-42)41-23-25-43(65-41)48-36(20-16-14-12-10-2)29-44(66-48)37-32-55(54-53-37)27-18-17-21-46(57)62-38-30-45(56-31-34(3)49(58)52-50(56)59)61-39(38)33-60-67(7,8)51(4,5)6/h22-26,28-29,31-32,38-39,45H,9-21,27,30,33H2,1-8H3,(H,52,58,59)/t38-,39+,45+/m0/s1. The summed E-state index contributed by atoms with van der Waals surface area (Å²) in [7, 11) is -2.15. The van der Waals surface area contributed by atoms with Crippen molar-refractivity contribution in [1.29, 1.82) is 0 Å². The van der Waals surface area contributed by atoms with Crippen LogP contribution >= 0.6 is 45.3 Å². The minimum atomic E-state index is -2.15. The lowest BCUT2D eigenvalue weighted by atomic mass is 10.1. The molecular weight excluding hydrogens is 935 g/mol. The molecule has 16 heteroatoms. The molecule has 67 heavy (non-hydrogen) atoms. The molecule has 0 unspecified atom stereocenters. The van der Waals surface area contributed by atoms with Crippen LogP contribution in [0, 0.1) is 6.92 Å². The Hall–Kier alpha value is -3.77. The van der Waals surface area contributed by atoms with Crippen molar-refractivity contribution in [2.75, 3.05) is 6.61 Å². The monoisotopic (exact) mass is 1000 g/mol. The lowest BCUT2D eigenvalue weighted by molar-refractivity contribution is -0.153. The van der Waals surface area contributed by atoms with Crippen LogP contribution < -0.4 is 11.2 Å². The third kappa shape index (κ3) is 13.1. The summed E-state index contributed by atoms with van der Waals surface area (Å²) in [5.74, 6) is -0.325. The molecule has 0 radical (unpaired) electrons. The summed E-state index contributed by atoms with van der Waals surface area (Å²) >= 11 is 7.47. The minimum absolute atomic E-state index is 0.0223. The molecule has 6 aromatic rings. The Kier molecular flexibility index (Phi) is 17.7. The SMILES string of the molecule is CCCCCCc1ccsc1-c1ccc(-c2ccc(-c3sc(-c4cn(CCCCC(=O)O[C@H]5C[C@H](n6cc(C)c(=O)[nH]c6=O)O[C@@H]5CO[Si](C)(C)C(C)(C)C)nn4)cc3CCCCCC)s2)s1. The fraction of sp³-hybridized carbons (Fsp3) is 0.549. The zero-order valence-corrected chi connectivity index (χ0v) is 44.9. The van der Waals surface area contributed by atoms with Gasteiger partial charge in [0.15, 0.2) is 8.32 Å². The van der Waals surface area contributed by atoms with Gasteiger partial charge in [-0.05, 0) is 116 Å². The van der Waals surface area contributed by atoms with Crippen LogP contribution in [0.15, 0.2) is 63.8 Å². The van der Waals surface area contributed by atoms with E-state index in [2.05, 4.69) is 105 Å². The van der Waals surface area contributed by atoms with Crippen molar-refractivity contribution in [2.24, 2.45) is 0 Å². The number of ether oxygens (including phenoxy) is 2. The van der Waals surface area contributed by atoms with E-state index < -0.39 is 38.0 Å². The molecule has 0 aromatic carbocycles. The molecule has 11 nitrogen and oxygen atoms in total. The Morgan fingerprint density at radius 3 is 2.19 bits per heavy atom. The topological polar surface area (TPSA) is 130 Å². The molecule has 1 saturated heterocycles. The van der Waals surface area contributed by atoms with Crippen LogP contribution in [-0.2, 0) is 38.1 Å². The molecule has 6 aromatic heterocycles. The molecule has 362 valence electrons. The van der Waals surface area contributed by atoms with Gasteiger partial charge in [-0.15, -0.1) is 50.4 Å². The first-order chi connectivity index (χ1) is 32.1. The highest BCUT2D eigenvalue weighted by molar-refractivity contribution is 7.29. The van der Waals surface area contributed by atoms with Crippen LogP contribution in [0.2, 0.25) is 18.1 Å². The van der Waals surface area contributed by atoms with Crippen molar-refractivity contribution in [3.63, 3.8) is 0 Å². The predicted molar refractivity (Wildman–Crippen MR) is 280 cm³/mol. The van der Waals surface area contributed by atoms with Crippen molar-refractivity contribution in [3.05, 3.63) is 91.7 Å². The first kappa shape index (κ1) is 51.1. The van der Waals surface area contributed by atoms with E-state index in [-0.39, 0.29) is 30.5 Å². The van der Waals surface area contributed by atoms with Crippen molar-refractivity contribution < 1.29 is 18.7 Å².